The molecule has 5 aromatic rings. The Morgan fingerprint density at radius 2 is 1.77 bits per heavy atom. The third-order valence-electron chi connectivity index (χ3n) is 6.32. The van der Waals surface area contributed by atoms with Gasteiger partial charge in [0, 0.05) is 29.7 Å². The molecule has 0 radical (unpaired) electrons. The first-order valence-electron chi connectivity index (χ1n) is 11.3. The number of benzene rings is 2. The SMILES string of the molecule is O=C(NC1CC(c2nnc(-c3ccncn3)n2-c2ccccc2Cl)C1)c1ccnc2ccccc12. The van der Waals surface area contributed by atoms with Gasteiger partial charge in [0.25, 0.3) is 5.91 Å². The number of aromatic nitrogens is 6. The summed E-state index contributed by atoms with van der Waals surface area (Å²) in [7, 11) is 0. The van der Waals surface area contributed by atoms with Crippen molar-refractivity contribution in [3.05, 3.63) is 95.8 Å². The van der Waals surface area contributed by atoms with Gasteiger partial charge in [-0.3, -0.25) is 14.3 Å². The zero-order valence-electron chi connectivity index (χ0n) is 18.5. The average Bonchev–Trinajstić information content (AvgIpc) is 3.30. The van der Waals surface area contributed by atoms with Crippen molar-refractivity contribution in [3.8, 4) is 17.2 Å². The maximum atomic E-state index is 13.0. The van der Waals surface area contributed by atoms with Crippen LogP contribution in [-0.2, 0) is 0 Å². The van der Waals surface area contributed by atoms with Crippen molar-refractivity contribution in [1.29, 1.82) is 0 Å². The van der Waals surface area contributed by atoms with Crippen LogP contribution in [0.25, 0.3) is 28.1 Å². The standard InChI is InChI=1S/C26H20ClN7O/c27-20-6-2-4-8-23(20)34-24(32-33-25(34)22-10-11-28-15-30-22)16-13-17(14-16)31-26(35)19-9-12-29-21-7-3-1-5-18(19)21/h1-12,15-17H,13-14H2,(H,31,35). The van der Waals surface area contributed by atoms with Gasteiger partial charge in [0.15, 0.2) is 5.82 Å². The van der Waals surface area contributed by atoms with Crippen molar-refractivity contribution in [1.82, 2.24) is 35.0 Å². The lowest BCUT2D eigenvalue weighted by Crippen LogP contribution is -2.44. The molecule has 2 aromatic carbocycles. The molecule has 35 heavy (non-hydrogen) atoms. The van der Waals surface area contributed by atoms with Crippen molar-refractivity contribution < 1.29 is 4.79 Å². The number of halogens is 1. The molecule has 6 rings (SSSR count). The summed E-state index contributed by atoms with van der Waals surface area (Å²) in [6.45, 7) is 0. The molecule has 1 aliphatic carbocycles. The first-order valence-corrected chi connectivity index (χ1v) is 11.7. The lowest BCUT2D eigenvalue weighted by Gasteiger charge is -2.35. The largest absolute Gasteiger partial charge is 0.349 e. The minimum absolute atomic E-state index is 0.0401. The molecule has 8 nitrogen and oxygen atoms in total. The van der Waals surface area contributed by atoms with Gasteiger partial charge in [0.05, 0.1) is 21.8 Å². The molecule has 9 heteroatoms. The number of fused-ring (bicyclic) bond motifs is 1. The normalized spacial score (nSPS) is 17.2. The molecule has 0 saturated heterocycles. The van der Waals surface area contributed by atoms with E-state index < -0.39 is 0 Å². The van der Waals surface area contributed by atoms with Gasteiger partial charge >= 0.3 is 0 Å². The van der Waals surface area contributed by atoms with E-state index in [-0.39, 0.29) is 17.9 Å². The molecule has 3 aromatic heterocycles. The highest BCUT2D eigenvalue weighted by Gasteiger charge is 2.36. The Hall–Kier alpha value is -4.17. The van der Waals surface area contributed by atoms with Gasteiger partial charge in [0.1, 0.15) is 17.8 Å². The van der Waals surface area contributed by atoms with Gasteiger partial charge in [-0.15, -0.1) is 10.2 Å². The van der Waals surface area contributed by atoms with Crippen LogP contribution in [0.3, 0.4) is 0 Å². The first-order chi connectivity index (χ1) is 17.2. The molecular weight excluding hydrogens is 462 g/mol. The Bertz CT molecular complexity index is 1520. The van der Waals surface area contributed by atoms with Crippen LogP contribution in [0.5, 0.6) is 0 Å². The van der Waals surface area contributed by atoms with Crippen LogP contribution in [0.1, 0.15) is 34.9 Å². The van der Waals surface area contributed by atoms with E-state index in [1.54, 1.807) is 24.5 Å². The van der Waals surface area contributed by atoms with E-state index in [9.17, 15) is 4.79 Å². The number of pyridine rings is 1. The van der Waals surface area contributed by atoms with Crippen LogP contribution in [0.4, 0.5) is 0 Å². The summed E-state index contributed by atoms with van der Waals surface area (Å²) in [5.41, 5.74) is 2.88. The summed E-state index contributed by atoms with van der Waals surface area (Å²) in [6, 6.07) is 18.8. The Kier molecular flexibility index (Phi) is 5.42. The minimum Gasteiger partial charge on any atom is -0.349 e. The van der Waals surface area contributed by atoms with E-state index in [0.29, 0.717) is 22.1 Å². The van der Waals surface area contributed by atoms with Crippen LogP contribution in [-0.4, -0.2) is 41.7 Å². The number of nitrogens with one attached hydrogen (secondary N) is 1. The van der Waals surface area contributed by atoms with Crippen LogP contribution in [0, 0.1) is 0 Å². The molecule has 1 saturated carbocycles. The third kappa shape index (κ3) is 3.91. The summed E-state index contributed by atoms with van der Waals surface area (Å²) in [4.78, 5) is 25.7. The summed E-state index contributed by atoms with van der Waals surface area (Å²) >= 11 is 6.55. The first kappa shape index (κ1) is 21.4. The van der Waals surface area contributed by atoms with Crippen molar-refractivity contribution in [3.63, 3.8) is 0 Å². The molecule has 172 valence electrons. The van der Waals surface area contributed by atoms with Crippen molar-refractivity contribution in [2.75, 3.05) is 0 Å². The van der Waals surface area contributed by atoms with Gasteiger partial charge in [-0.1, -0.05) is 41.9 Å². The molecular formula is C26H20ClN7O. The van der Waals surface area contributed by atoms with Gasteiger partial charge in [0.2, 0.25) is 0 Å². The average molecular weight is 482 g/mol. The van der Waals surface area contributed by atoms with Crippen molar-refractivity contribution in [2.24, 2.45) is 0 Å². The predicted octanol–water partition coefficient (Wildman–Crippen LogP) is 4.60. The maximum Gasteiger partial charge on any atom is 0.252 e. The molecule has 1 fully saturated rings. The minimum atomic E-state index is -0.0960. The number of para-hydroxylation sites is 2. The fourth-order valence-electron chi connectivity index (χ4n) is 4.52. The van der Waals surface area contributed by atoms with Crippen LogP contribution in [0.2, 0.25) is 5.02 Å². The zero-order chi connectivity index (χ0) is 23.8. The second kappa shape index (κ2) is 8.88. The lowest BCUT2D eigenvalue weighted by atomic mass is 9.79. The third-order valence-corrected chi connectivity index (χ3v) is 6.64. The molecule has 1 N–H and O–H groups in total. The second-order valence-electron chi connectivity index (χ2n) is 8.48. The van der Waals surface area contributed by atoms with Crippen molar-refractivity contribution >= 4 is 28.4 Å². The molecule has 0 aliphatic heterocycles. The quantitative estimate of drug-likeness (QED) is 0.394. The van der Waals surface area contributed by atoms with E-state index in [4.69, 9.17) is 11.6 Å². The van der Waals surface area contributed by atoms with Gasteiger partial charge in [-0.2, -0.15) is 0 Å². The maximum absolute atomic E-state index is 13.0. The van der Waals surface area contributed by atoms with E-state index in [0.717, 1.165) is 35.3 Å². The van der Waals surface area contributed by atoms with E-state index in [1.165, 1.54) is 6.33 Å². The summed E-state index contributed by atoms with van der Waals surface area (Å²) < 4.78 is 1.96. The zero-order valence-corrected chi connectivity index (χ0v) is 19.3. The number of hydrogen-bond donors (Lipinski definition) is 1. The van der Waals surface area contributed by atoms with Crippen LogP contribution < -0.4 is 5.32 Å². The van der Waals surface area contributed by atoms with E-state index in [1.807, 2.05) is 53.1 Å². The smallest absolute Gasteiger partial charge is 0.252 e. The molecule has 1 aliphatic rings. The van der Waals surface area contributed by atoms with E-state index in [2.05, 4.69) is 30.5 Å². The molecule has 0 unspecified atom stereocenters. The monoisotopic (exact) mass is 481 g/mol. The molecule has 0 spiro atoms. The summed E-state index contributed by atoms with van der Waals surface area (Å²) in [5.74, 6) is 1.42. The Balaban J connectivity index is 1.26. The number of amides is 1. The molecule has 0 atom stereocenters. The highest BCUT2D eigenvalue weighted by Crippen LogP contribution is 2.39. The van der Waals surface area contributed by atoms with Crippen LogP contribution in [0.15, 0.2) is 79.4 Å². The van der Waals surface area contributed by atoms with Crippen molar-refractivity contribution in [2.45, 2.75) is 24.8 Å². The number of carbonyl (C=O) groups is 1. The van der Waals surface area contributed by atoms with Gasteiger partial charge in [-0.25, -0.2) is 9.97 Å². The number of hydrogen-bond acceptors (Lipinski definition) is 6. The Morgan fingerprint density at radius 3 is 2.60 bits per heavy atom. The Labute approximate surface area is 206 Å². The Morgan fingerprint density at radius 1 is 0.943 bits per heavy atom. The number of carbonyl (C=O) groups excluding carboxylic acids is 1. The van der Waals surface area contributed by atoms with Gasteiger partial charge < -0.3 is 5.32 Å². The highest BCUT2D eigenvalue weighted by atomic mass is 35.5. The second-order valence-corrected chi connectivity index (χ2v) is 8.88. The summed E-state index contributed by atoms with van der Waals surface area (Å²) in [6.07, 6.45) is 6.33. The molecule has 0 bridgehead atoms. The van der Waals surface area contributed by atoms with Crippen LogP contribution >= 0.6 is 11.6 Å². The predicted molar refractivity (Wildman–Crippen MR) is 132 cm³/mol. The number of nitrogens with zero attached hydrogens (tertiary/aromatic N) is 6. The fraction of sp³-hybridized carbons (Fsp3) is 0.154. The molecule has 3 heterocycles. The fourth-order valence-corrected chi connectivity index (χ4v) is 4.74. The van der Waals surface area contributed by atoms with Gasteiger partial charge in [-0.05, 0) is 43.2 Å². The lowest BCUT2D eigenvalue weighted by molar-refractivity contribution is 0.0908. The van der Waals surface area contributed by atoms with E-state index >= 15 is 0 Å². The number of rotatable bonds is 5. The topological polar surface area (TPSA) is 98.5 Å². The molecule has 1 amide bonds. The summed E-state index contributed by atoms with van der Waals surface area (Å²) in [5, 5.41) is 13.6. The highest BCUT2D eigenvalue weighted by molar-refractivity contribution is 6.32.